The molecule has 5 heteroatoms. The Morgan fingerprint density at radius 2 is 1.09 bits per heavy atom. The highest BCUT2D eigenvalue weighted by atomic mass is 19.3. The van der Waals surface area contributed by atoms with Crippen LogP contribution in [0.1, 0.15) is 34.0 Å². The van der Waals surface area contributed by atoms with E-state index in [2.05, 4.69) is 35.6 Å². The van der Waals surface area contributed by atoms with Gasteiger partial charge in [-0.3, -0.25) is 0 Å². The van der Waals surface area contributed by atoms with Crippen molar-refractivity contribution in [2.45, 2.75) is 12.1 Å². The molecule has 0 spiro atoms. The molecule has 1 aliphatic heterocycles. The number of fused-ring (bicyclic) bond motifs is 5. The molecule has 0 amide bonds. The van der Waals surface area contributed by atoms with E-state index in [1.165, 1.54) is 0 Å². The van der Waals surface area contributed by atoms with Crippen molar-refractivity contribution in [3.63, 3.8) is 0 Å². The number of nitrogens with zero attached hydrogens (tertiary/aromatic N) is 2. The van der Waals surface area contributed by atoms with Gasteiger partial charge in [0.1, 0.15) is 12.0 Å². The summed E-state index contributed by atoms with van der Waals surface area (Å²) in [6.45, 7) is 0. The van der Waals surface area contributed by atoms with Crippen molar-refractivity contribution in [1.29, 1.82) is 0 Å². The van der Waals surface area contributed by atoms with Crippen LogP contribution in [-0.2, 0) is 5.92 Å². The second-order valence-electron chi connectivity index (χ2n) is 12.0. The van der Waals surface area contributed by atoms with Gasteiger partial charge in [0, 0.05) is 22.3 Å². The topological polar surface area (TPSA) is 36.8 Å². The predicted octanol–water partition coefficient (Wildman–Crippen LogP) is 10.3. The molecule has 1 heterocycles. The first-order valence-electron chi connectivity index (χ1n) is 15.7. The summed E-state index contributed by atoms with van der Waals surface area (Å²) in [5, 5.41) is 7.87. The van der Waals surface area contributed by atoms with Crippen LogP contribution in [0.3, 0.4) is 0 Å². The van der Waals surface area contributed by atoms with Gasteiger partial charge in [-0.05, 0) is 67.6 Å². The molecular weight excluding hydrogens is 584 g/mol. The van der Waals surface area contributed by atoms with E-state index in [1.54, 1.807) is 18.2 Å². The normalized spacial score (nSPS) is 16.3. The van der Waals surface area contributed by atoms with Crippen LogP contribution in [0.15, 0.2) is 162 Å². The average molecular weight is 612 g/mol. The summed E-state index contributed by atoms with van der Waals surface area (Å²) < 4.78 is 32.1. The molecule has 0 fully saturated rings. The molecule has 0 radical (unpaired) electrons. The molecule has 224 valence electrons. The SMILES string of the molecule is FC1(F)c2ccc(C3=NC(c4ccccc4)=NC(c4ccccc4)N3)cc2-c2cc(-c3c4ccccc4cc4ccccc34)ccc21. The molecule has 1 N–H and O–H groups in total. The zero-order chi connectivity index (χ0) is 31.5. The van der Waals surface area contributed by atoms with Gasteiger partial charge in [-0.15, -0.1) is 0 Å². The lowest BCUT2D eigenvalue weighted by Gasteiger charge is -2.24. The number of nitrogens with one attached hydrogen (secondary N) is 1. The van der Waals surface area contributed by atoms with Crippen LogP contribution in [0.25, 0.3) is 43.8 Å². The number of hydrogen-bond acceptors (Lipinski definition) is 3. The average Bonchev–Trinajstić information content (AvgIpc) is 3.36. The highest BCUT2D eigenvalue weighted by Gasteiger charge is 2.44. The minimum atomic E-state index is -3.12. The van der Waals surface area contributed by atoms with E-state index in [4.69, 9.17) is 9.98 Å². The Hall–Kier alpha value is -5.94. The largest absolute Gasteiger partial charge is 0.344 e. The number of halogens is 2. The number of alkyl halides is 2. The van der Waals surface area contributed by atoms with Crippen molar-refractivity contribution in [1.82, 2.24) is 5.32 Å². The van der Waals surface area contributed by atoms with Crippen molar-refractivity contribution < 1.29 is 8.78 Å². The second kappa shape index (κ2) is 10.6. The maximum atomic E-state index is 16.0. The molecule has 2 aliphatic rings. The smallest absolute Gasteiger partial charge is 0.299 e. The van der Waals surface area contributed by atoms with Crippen LogP contribution in [0.2, 0.25) is 0 Å². The van der Waals surface area contributed by atoms with Crippen molar-refractivity contribution in [2.24, 2.45) is 9.98 Å². The van der Waals surface area contributed by atoms with Crippen LogP contribution in [-0.4, -0.2) is 11.7 Å². The summed E-state index contributed by atoms with van der Waals surface area (Å²) in [5.74, 6) is -1.94. The molecule has 1 atom stereocenters. The highest BCUT2D eigenvalue weighted by molar-refractivity contribution is 6.14. The molecule has 1 unspecified atom stereocenters. The monoisotopic (exact) mass is 611 g/mol. The van der Waals surface area contributed by atoms with Gasteiger partial charge in [0.25, 0.3) is 5.92 Å². The maximum absolute atomic E-state index is 16.0. The Morgan fingerprint density at radius 1 is 0.532 bits per heavy atom. The molecule has 1 aliphatic carbocycles. The lowest BCUT2D eigenvalue weighted by Crippen LogP contribution is -2.33. The van der Waals surface area contributed by atoms with E-state index in [0.29, 0.717) is 22.8 Å². The zero-order valence-corrected chi connectivity index (χ0v) is 25.2. The number of amidine groups is 2. The van der Waals surface area contributed by atoms with E-state index >= 15 is 8.78 Å². The summed E-state index contributed by atoms with van der Waals surface area (Å²) in [4.78, 5) is 9.84. The molecule has 0 saturated heterocycles. The fraction of sp³-hybridized carbons (Fsp3) is 0.0476. The van der Waals surface area contributed by atoms with Gasteiger partial charge in [-0.1, -0.05) is 133 Å². The summed E-state index contributed by atoms with van der Waals surface area (Å²) >= 11 is 0. The molecule has 0 aromatic heterocycles. The van der Waals surface area contributed by atoms with Gasteiger partial charge in [-0.25, -0.2) is 9.98 Å². The Morgan fingerprint density at radius 3 is 1.74 bits per heavy atom. The van der Waals surface area contributed by atoms with Crippen LogP contribution < -0.4 is 5.32 Å². The van der Waals surface area contributed by atoms with Crippen molar-refractivity contribution in [2.75, 3.05) is 0 Å². The molecule has 7 aromatic rings. The zero-order valence-electron chi connectivity index (χ0n) is 25.2. The van der Waals surface area contributed by atoms with Crippen molar-refractivity contribution in [3.8, 4) is 22.3 Å². The van der Waals surface area contributed by atoms with E-state index < -0.39 is 5.92 Å². The summed E-state index contributed by atoms with van der Waals surface area (Å²) in [6.07, 6.45) is -0.382. The Kier molecular flexibility index (Phi) is 6.15. The molecular formula is C42H27F2N3. The number of aliphatic imine (C=N–C) groups is 2. The van der Waals surface area contributed by atoms with Gasteiger partial charge in [-0.2, -0.15) is 8.78 Å². The van der Waals surface area contributed by atoms with E-state index in [0.717, 1.165) is 49.4 Å². The van der Waals surface area contributed by atoms with Crippen molar-refractivity contribution in [3.05, 3.63) is 179 Å². The summed E-state index contributed by atoms with van der Waals surface area (Å²) in [6, 6.07) is 49.0. The fourth-order valence-corrected chi connectivity index (χ4v) is 6.97. The number of benzene rings is 7. The number of rotatable bonds is 4. The van der Waals surface area contributed by atoms with E-state index in [9.17, 15) is 0 Å². The summed E-state index contributed by atoms with van der Waals surface area (Å²) in [7, 11) is 0. The van der Waals surface area contributed by atoms with Gasteiger partial charge >= 0.3 is 0 Å². The lowest BCUT2D eigenvalue weighted by molar-refractivity contribution is 0.0480. The minimum Gasteiger partial charge on any atom is -0.344 e. The fourth-order valence-electron chi connectivity index (χ4n) is 6.97. The first kappa shape index (κ1) is 27.4. The molecule has 47 heavy (non-hydrogen) atoms. The predicted molar refractivity (Wildman–Crippen MR) is 187 cm³/mol. The molecule has 3 nitrogen and oxygen atoms in total. The maximum Gasteiger partial charge on any atom is 0.299 e. The van der Waals surface area contributed by atoms with Gasteiger partial charge in [0.15, 0.2) is 5.84 Å². The quantitative estimate of drug-likeness (QED) is 0.198. The van der Waals surface area contributed by atoms with Crippen molar-refractivity contribution >= 4 is 33.2 Å². The molecule has 9 rings (SSSR count). The molecule has 0 saturated carbocycles. The first-order valence-corrected chi connectivity index (χ1v) is 15.7. The Balaban J connectivity index is 1.20. The summed E-state index contributed by atoms with van der Waals surface area (Å²) in [5.41, 5.74) is 5.61. The Bertz CT molecular complexity index is 2360. The highest BCUT2D eigenvalue weighted by Crippen LogP contribution is 2.52. The van der Waals surface area contributed by atoms with E-state index in [1.807, 2.05) is 103 Å². The van der Waals surface area contributed by atoms with E-state index in [-0.39, 0.29) is 17.3 Å². The third-order valence-corrected chi connectivity index (χ3v) is 9.23. The van der Waals surface area contributed by atoms with Crippen LogP contribution in [0, 0.1) is 0 Å². The minimum absolute atomic E-state index is 0.00384. The van der Waals surface area contributed by atoms with Crippen LogP contribution >= 0.6 is 0 Å². The number of hydrogen-bond donors (Lipinski definition) is 1. The third kappa shape index (κ3) is 4.46. The molecule has 7 aromatic carbocycles. The standard InChI is InChI=1S/C42H27F2N3/c43-42(44)36-21-19-30(38-32-17-9-7-15-28(32)23-29-16-8-10-18-33(29)38)24-34(36)35-25-31(20-22-37(35)42)41-46-39(26-11-3-1-4-12-26)45-40(47-41)27-13-5-2-6-14-27/h1-25,39H,(H,45,46,47). The van der Waals surface area contributed by atoms with Gasteiger partial charge in [0.05, 0.1) is 0 Å². The van der Waals surface area contributed by atoms with Gasteiger partial charge < -0.3 is 5.32 Å². The van der Waals surface area contributed by atoms with Gasteiger partial charge in [0.2, 0.25) is 0 Å². The molecule has 0 bridgehead atoms. The van der Waals surface area contributed by atoms with Crippen LogP contribution in [0.4, 0.5) is 8.78 Å². The second-order valence-corrected chi connectivity index (χ2v) is 12.0. The lowest BCUT2D eigenvalue weighted by atomic mass is 9.90. The third-order valence-electron chi connectivity index (χ3n) is 9.23. The van der Waals surface area contributed by atoms with Crippen LogP contribution in [0.5, 0.6) is 0 Å². The Labute approximate surface area is 270 Å². The first-order chi connectivity index (χ1) is 23.0.